The Labute approximate surface area is 160 Å². The summed E-state index contributed by atoms with van der Waals surface area (Å²) >= 11 is 0. The molecular formula is C20H17FN4O3. The van der Waals surface area contributed by atoms with Crippen molar-refractivity contribution in [1.29, 1.82) is 0 Å². The summed E-state index contributed by atoms with van der Waals surface area (Å²) in [5, 5.41) is 3.93. The molecule has 0 spiro atoms. The molecule has 0 atom stereocenters. The van der Waals surface area contributed by atoms with Crippen LogP contribution in [0.15, 0.2) is 60.0 Å². The van der Waals surface area contributed by atoms with Crippen molar-refractivity contribution in [1.82, 2.24) is 15.4 Å². The molecule has 1 amide bonds. The summed E-state index contributed by atoms with van der Waals surface area (Å²) in [5.41, 5.74) is 4.27. The molecule has 1 aromatic heterocycles. The highest BCUT2D eigenvalue weighted by atomic mass is 19.1. The average molecular weight is 380 g/mol. The number of nitrogens with zero attached hydrogens (tertiary/aromatic N) is 3. The van der Waals surface area contributed by atoms with Crippen LogP contribution in [0.3, 0.4) is 0 Å². The number of rotatable bonds is 6. The fraction of sp³-hybridized carbons (Fsp3) is 0.100. The number of halogens is 1. The van der Waals surface area contributed by atoms with Gasteiger partial charge >= 0.3 is 0 Å². The molecule has 0 fully saturated rings. The highest BCUT2D eigenvalue weighted by molar-refractivity contribution is 5.93. The summed E-state index contributed by atoms with van der Waals surface area (Å²) in [6, 6.07) is 11.0. The first-order valence-corrected chi connectivity index (χ1v) is 8.23. The molecule has 7 nitrogen and oxygen atoms in total. The van der Waals surface area contributed by atoms with E-state index < -0.39 is 5.91 Å². The predicted octanol–water partition coefficient (Wildman–Crippen LogP) is 3.06. The monoisotopic (exact) mass is 380 g/mol. The number of carbonyl (C=O) groups excluding carboxylic acids is 1. The lowest BCUT2D eigenvalue weighted by molar-refractivity contribution is 0.0950. The van der Waals surface area contributed by atoms with Gasteiger partial charge in [0.05, 0.1) is 38.5 Å². The van der Waals surface area contributed by atoms with Crippen LogP contribution in [0, 0.1) is 5.82 Å². The molecule has 3 rings (SSSR count). The number of amides is 1. The zero-order valence-corrected chi connectivity index (χ0v) is 15.2. The van der Waals surface area contributed by atoms with E-state index in [1.165, 1.54) is 30.7 Å². The van der Waals surface area contributed by atoms with Crippen LogP contribution in [0.4, 0.5) is 4.39 Å². The molecule has 0 aliphatic carbocycles. The van der Waals surface area contributed by atoms with E-state index in [0.29, 0.717) is 28.3 Å². The molecule has 2 aromatic carbocycles. The van der Waals surface area contributed by atoms with Gasteiger partial charge in [-0.3, -0.25) is 9.78 Å². The van der Waals surface area contributed by atoms with E-state index in [0.717, 1.165) is 0 Å². The number of aromatic nitrogens is 2. The molecule has 0 aliphatic heterocycles. The number of methoxy groups -OCH3 is 2. The number of benzene rings is 2. The normalized spacial score (nSPS) is 10.7. The number of hydrogen-bond acceptors (Lipinski definition) is 6. The summed E-state index contributed by atoms with van der Waals surface area (Å²) in [6.45, 7) is 0. The SMILES string of the molecule is COc1cc(C=NNC(=O)c2cncc(-c3ccc(F)cc3)n2)cc(OC)c1. The minimum atomic E-state index is -0.525. The molecule has 8 heteroatoms. The van der Waals surface area contributed by atoms with Crippen molar-refractivity contribution >= 4 is 12.1 Å². The molecule has 0 aliphatic rings. The smallest absolute Gasteiger partial charge is 0.291 e. The van der Waals surface area contributed by atoms with Gasteiger partial charge in [-0.25, -0.2) is 14.8 Å². The predicted molar refractivity (Wildman–Crippen MR) is 102 cm³/mol. The maximum atomic E-state index is 13.1. The third-order valence-electron chi connectivity index (χ3n) is 3.76. The highest BCUT2D eigenvalue weighted by Gasteiger charge is 2.09. The first-order valence-electron chi connectivity index (χ1n) is 8.23. The molecular weight excluding hydrogens is 363 g/mol. The fourth-order valence-corrected chi connectivity index (χ4v) is 2.36. The van der Waals surface area contributed by atoms with Crippen LogP contribution in [-0.2, 0) is 0 Å². The van der Waals surface area contributed by atoms with Gasteiger partial charge in [0.2, 0.25) is 0 Å². The van der Waals surface area contributed by atoms with Gasteiger partial charge in [0, 0.05) is 17.2 Å². The van der Waals surface area contributed by atoms with E-state index in [2.05, 4.69) is 20.5 Å². The topological polar surface area (TPSA) is 85.7 Å². The van der Waals surface area contributed by atoms with E-state index >= 15 is 0 Å². The molecule has 0 bridgehead atoms. The van der Waals surface area contributed by atoms with E-state index in [-0.39, 0.29) is 11.5 Å². The third kappa shape index (κ3) is 4.67. The number of nitrogens with one attached hydrogen (secondary N) is 1. The Kier molecular flexibility index (Phi) is 5.91. The number of hydrazone groups is 1. The van der Waals surface area contributed by atoms with Crippen LogP contribution in [-0.4, -0.2) is 36.3 Å². The lowest BCUT2D eigenvalue weighted by atomic mass is 10.1. The minimum absolute atomic E-state index is 0.0854. The van der Waals surface area contributed by atoms with Crippen molar-refractivity contribution in [3.63, 3.8) is 0 Å². The zero-order valence-electron chi connectivity index (χ0n) is 15.2. The van der Waals surface area contributed by atoms with Gasteiger partial charge < -0.3 is 9.47 Å². The molecule has 3 aromatic rings. The second-order valence-corrected chi connectivity index (χ2v) is 5.64. The van der Waals surface area contributed by atoms with Crippen molar-refractivity contribution in [2.45, 2.75) is 0 Å². The molecule has 0 unspecified atom stereocenters. The van der Waals surface area contributed by atoms with Crippen LogP contribution in [0.25, 0.3) is 11.3 Å². The van der Waals surface area contributed by atoms with Crippen LogP contribution >= 0.6 is 0 Å². The van der Waals surface area contributed by atoms with Crippen molar-refractivity contribution in [2.75, 3.05) is 14.2 Å². The Balaban J connectivity index is 1.72. The van der Waals surface area contributed by atoms with Gasteiger partial charge in [0.1, 0.15) is 23.0 Å². The molecule has 0 saturated carbocycles. The molecule has 1 heterocycles. The average Bonchev–Trinajstić information content (AvgIpc) is 2.74. The van der Waals surface area contributed by atoms with Gasteiger partial charge in [0.25, 0.3) is 5.91 Å². The van der Waals surface area contributed by atoms with E-state index in [1.807, 2.05) is 0 Å². The van der Waals surface area contributed by atoms with Crippen molar-refractivity contribution in [3.05, 3.63) is 71.9 Å². The van der Waals surface area contributed by atoms with E-state index in [9.17, 15) is 9.18 Å². The van der Waals surface area contributed by atoms with Crippen LogP contribution < -0.4 is 14.9 Å². The number of hydrogen-bond donors (Lipinski definition) is 1. The molecule has 1 N–H and O–H groups in total. The Morgan fingerprint density at radius 2 is 1.75 bits per heavy atom. The Bertz CT molecular complexity index is 984. The first kappa shape index (κ1) is 19.0. The lowest BCUT2D eigenvalue weighted by Gasteiger charge is -2.05. The maximum Gasteiger partial charge on any atom is 0.291 e. The number of ether oxygens (including phenoxy) is 2. The van der Waals surface area contributed by atoms with Crippen molar-refractivity contribution < 1.29 is 18.7 Å². The maximum absolute atomic E-state index is 13.1. The molecule has 142 valence electrons. The van der Waals surface area contributed by atoms with Crippen LogP contribution in [0.2, 0.25) is 0 Å². The standard InChI is InChI=1S/C20H17FN4O3/c1-27-16-7-13(8-17(9-16)28-2)10-23-25-20(26)19-12-22-11-18(24-19)14-3-5-15(21)6-4-14/h3-12H,1-2H3,(H,25,26). The third-order valence-corrected chi connectivity index (χ3v) is 3.76. The van der Waals surface area contributed by atoms with Crippen LogP contribution in [0.5, 0.6) is 11.5 Å². The second kappa shape index (κ2) is 8.72. The molecule has 0 radical (unpaired) electrons. The number of carbonyl (C=O) groups is 1. The lowest BCUT2D eigenvalue weighted by Crippen LogP contribution is -2.19. The van der Waals surface area contributed by atoms with Gasteiger partial charge in [-0.2, -0.15) is 5.10 Å². The van der Waals surface area contributed by atoms with Crippen LogP contribution in [0.1, 0.15) is 16.1 Å². The Hall–Kier alpha value is -3.81. The van der Waals surface area contributed by atoms with E-state index in [1.54, 1.807) is 44.6 Å². The van der Waals surface area contributed by atoms with Gasteiger partial charge in [0.15, 0.2) is 0 Å². The highest BCUT2D eigenvalue weighted by Crippen LogP contribution is 2.21. The summed E-state index contributed by atoms with van der Waals surface area (Å²) < 4.78 is 23.4. The molecule has 0 saturated heterocycles. The Morgan fingerprint density at radius 1 is 1.07 bits per heavy atom. The van der Waals surface area contributed by atoms with Gasteiger partial charge in [-0.15, -0.1) is 0 Å². The van der Waals surface area contributed by atoms with E-state index in [4.69, 9.17) is 9.47 Å². The van der Waals surface area contributed by atoms with Gasteiger partial charge in [-0.1, -0.05) is 0 Å². The zero-order chi connectivity index (χ0) is 19.9. The second-order valence-electron chi connectivity index (χ2n) is 5.64. The largest absolute Gasteiger partial charge is 0.497 e. The summed E-state index contributed by atoms with van der Waals surface area (Å²) in [7, 11) is 3.09. The quantitative estimate of drug-likeness (QED) is 0.525. The van der Waals surface area contributed by atoms with Crippen molar-refractivity contribution in [3.8, 4) is 22.8 Å². The summed E-state index contributed by atoms with van der Waals surface area (Å²) in [5.74, 6) is 0.326. The van der Waals surface area contributed by atoms with Crippen molar-refractivity contribution in [2.24, 2.45) is 5.10 Å². The van der Waals surface area contributed by atoms with Gasteiger partial charge in [-0.05, 0) is 36.4 Å². The molecule has 28 heavy (non-hydrogen) atoms. The minimum Gasteiger partial charge on any atom is -0.497 e. The fourth-order valence-electron chi connectivity index (χ4n) is 2.36. The summed E-state index contributed by atoms with van der Waals surface area (Å²) in [6.07, 6.45) is 4.28. The summed E-state index contributed by atoms with van der Waals surface area (Å²) in [4.78, 5) is 20.5. The first-order chi connectivity index (χ1) is 13.6. The Morgan fingerprint density at radius 3 is 2.39 bits per heavy atom.